The first-order chi connectivity index (χ1) is 11.6. The van der Waals surface area contributed by atoms with Gasteiger partial charge in [0, 0.05) is 36.8 Å². The zero-order chi connectivity index (χ0) is 16.9. The highest BCUT2D eigenvalue weighted by Crippen LogP contribution is 2.16. The Morgan fingerprint density at radius 2 is 1.71 bits per heavy atom. The number of amides is 1. The summed E-state index contributed by atoms with van der Waals surface area (Å²) in [5, 5.41) is 2.99. The van der Waals surface area contributed by atoms with Crippen LogP contribution in [0.3, 0.4) is 0 Å². The largest absolute Gasteiger partial charge is 0.349 e. The number of piperidine rings is 1. The first-order valence-corrected chi connectivity index (χ1v) is 8.14. The van der Waals surface area contributed by atoms with Gasteiger partial charge in [-0.25, -0.2) is 8.78 Å². The molecule has 0 saturated carbocycles. The van der Waals surface area contributed by atoms with E-state index in [1.54, 1.807) is 12.1 Å². The van der Waals surface area contributed by atoms with E-state index in [1.165, 1.54) is 30.3 Å². The molecule has 0 aliphatic carbocycles. The Hall–Kier alpha value is -2.27. The van der Waals surface area contributed by atoms with Crippen LogP contribution in [0.15, 0.2) is 48.5 Å². The molecule has 0 aromatic heterocycles. The predicted molar refractivity (Wildman–Crippen MR) is 88.6 cm³/mol. The molecule has 3 rings (SSSR count). The van der Waals surface area contributed by atoms with E-state index >= 15 is 0 Å². The van der Waals surface area contributed by atoms with E-state index in [1.807, 2.05) is 6.07 Å². The van der Waals surface area contributed by atoms with Crippen LogP contribution < -0.4 is 5.32 Å². The fourth-order valence-electron chi connectivity index (χ4n) is 2.97. The number of likely N-dealkylation sites (tertiary alicyclic amines) is 1. The Kier molecular flexibility index (Phi) is 5.20. The van der Waals surface area contributed by atoms with Gasteiger partial charge in [0.25, 0.3) is 5.91 Å². The highest BCUT2D eigenvalue weighted by molar-refractivity contribution is 5.94. The fourth-order valence-corrected chi connectivity index (χ4v) is 2.97. The van der Waals surface area contributed by atoms with Crippen LogP contribution in [0.1, 0.15) is 28.8 Å². The third kappa shape index (κ3) is 4.17. The maximum Gasteiger partial charge on any atom is 0.251 e. The van der Waals surface area contributed by atoms with Crippen LogP contribution in [0.4, 0.5) is 8.78 Å². The van der Waals surface area contributed by atoms with Crippen molar-refractivity contribution in [3.05, 3.63) is 71.3 Å². The Labute approximate surface area is 140 Å². The lowest BCUT2D eigenvalue weighted by atomic mass is 10.0. The van der Waals surface area contributed by atoms with Crippen molar-refractivity contribution in [1.82, 2.24) is 10.2 Å². The third-order valence-electron chi connectivity index (χ3n) is 4.38. The van der Waals surface area contributed by atoms with E-state index in [-0.39, 0.29) is 23.6 Å². The second-order valence-corrected chi connectivity index (χ2v) is 6.12. The number of hydrogen-bond acceptors (Lipinski definition) is 2. The molecule has 126 valence electrons. The first-order valence-electron chi connectivity index (χ1n) is 8.14. The fraction of sp³-hybridized carbons (Fsp3) is 0.316. The highest BCUT2D eigenvalue weighted by Gasteiger charge is 2.21. The summed E-state index contributed by atoms with van der Waals surface area (Å²) in [5.41, 5.74) is 1.16. The third-order valence-corrected chi connectivity index (χ3v) is 4.38. The van der Waals surface area contributed by atoms with Gasteiger partial charge in [0.1, 0.15) is 11.6 Å². The average Bonchev–Trinajstić information content (AvgIpc) is 2.59. The summed E-state index contributed by atoms with van der Waals surface area (Å²) in [6.07, 6.45) is 1.64. The molecule has 0 atom stereocenters. The lowest BCUT2D eigenvalue weighted by molar-refractivity contribution is 0.0908. The Bertz CT molecular complexity index is 695. The van der Waals surface area contributed by atoms with Crippen LogP contribution in [0.25, 0.3) is 0 Å². The summed E-state index contributed by atoms with van der Waals surface area (Å²) in [7, 11) is 0. The predicted octanol–water partition coefficient (Wildman–Crippen LogP) is 3.36. The normalized spacial score (nSPS) is 16.1. The SMILES string of the molecule is O=C(NC1CCN(Cc2ccccc2[18F])CC1)c1ccc(F)cc1. The van der Waals surface area contributed by atoms with Gasteiger partial charge < -0.3 is 5.32 Å². The molecular formula is C19H20F2N2O. The number of carbonyl (C=O) groups is 1. The van der Waals surface area contributed by atoms with Crippen molar-refractivity contribution in [3.63, 3.8) is 0 Å². The van der Waals surface area contributed by atoms with Crippen molar-refractivity contribution in [2.45, 2.75) is 25.4 Å². The van der Waals surface area contributed by atoms with E-state index in [0.717, 1.165) is 25.9 Å². The van der Waals surface area contributed by atoms with E-state index < -0.39 is 0 Å². The molecule has 2 aromatic rings. The molecule has 3 nitrogen and oxygen atoms in total. The molecule has 0 unspecified atom stereocenters. The van der Waals surface area contributed by atoms with Gasteiger partial charge in [-0.2, -0.15) is 0 Å². The van der Waals surface area contributed by atoms with E-state index in [0.29, 0.717) is 17.7 Å². The molecule has 5 heteroatoms. The summed E-state index contributed by atoms with van der Waals surface area (Å²) >= 11 is 0. The standard InChI is InChI=1S/C19H20F2N2O/c20-16-7-5-14(6-8-16)19(24)22-17-9-11-23(12-10-17)13-15-3-1-2-4-18(15)21/h1-8,17H,9-13H2,(H,22,24)/i21-1. The molecule has 0 bridgehead atoms. The zero-order valence-corrected chi connectivity index (χ0v) is 13.3. The summed E-state index contributed by atoms with van der Waals surface area (Å²) in [6.45, 7) is 2.21. The monoisotopic (exact) mass is 329 g/mol. The molecule has 1 heterocycles. The number of halogens is 2. The topological polar surface area (TPSA) is 32.3 Å². The zero-order valence-electron chi connectivity index (χ0n) is 13.3. The maximum atomic E-state index is 13.7. The van der Waals surface area contributed by atoms with Crippen LogP contribution in [-0.2, 0) is 6.54 Å². The minimum atomic E-state index is -0.354. The summed E-state index contributed by atoms with van der Waals surface area (Å²) in [4.78, 5) is 14.3. The smallest absolute Gasteiger partial charge is 0.251 e. The minimum absolute atomic E-state index is 0.0967. The number of rotatable bonds is 4. The number of benzene rings is 2. The van der Waals surface area contributed by atoms with Crippen LogP contribution >= 0.6 is 0 Å². The molecule has 1 N–H and O–H groups in total. The first kappa shape index (κ1) is 16.6. The van der Waals surface area contributed by atoms with Gasteiger partial charge >= 0.3 is 0 Å². The highest BCUT2D eigenvalue weighted by atomic mass is 19.1. The number of nitrogens with zero attached hydrogens (tertiary/aromatic N) is 1. The number of hydrogen-bond donors (Lipinski definition) is 1. The molecule has 1 saturated heterocycles. The van der Waals surface area contributed by atoms with Gasteiger partial charge in [-0.3, -0.25) is 9.69 Å². The van der Waals surface area contributed by atoms with Crippen molar-refractivity contribution >= 4 is 5.91 Å². The van der Waals surface area contributed by atoms with Gasteiger partial charge in [-0.15, -0.1) is 0 Å². The molecule has 2 aromatic carbocycles. The minimum Gasteiger partial charge on any atom is -0.349 e. The lowest BCUT2D eigenvalue weighted by Crippen LogP contribution is -2.44. The summed E-state index contributed by atoms with van der Waals surface area (Å²) in [6, 6.07) is 12.4. The molecule has 0 radical (unpaired) electrons. The molecule has 1 aliphatic heterocycles. The van der Waals surface area contributed by atoms with Gasteiger partial charge in [-0.1, -0.05) is 18.2 Å². The van der Waals surface area contributed by atoms with Gasteiger partial charge in [0.15, 0.2) is 0 Å². The molecule has 0 spiro atoms. The van der Waals surface area contributed by atoms with Crippen molar-refractivity contribution in [1.29, 1.82) is 0 Å². The van der Waals surface area contributed by atoms with Crippen molar-refractivity contribution < 1.29 is 13.6 Å². The molecule has 24 heavy (non-hydrogen) atoms. The van der Waals surface area contributed by atoms with Gasteiger partial charge in [-0.05, 0) is 43.2 Å². The Morgan fingerprint density at radius 3 is 2.38 bits per heavy atom. The van der Waals surface area contributed by atoms with Crippen molar-refractivity contribution in [3.8, 4) is 0 Å². The maximum absolute atomic E-state index is 13.7. The van der Waals surface area contributed by atoms with Crippen LogP contribution in [-0.4, -0.2) is 29.9 Å². The molecule has 1 aliphatic rings. The summed E-state index contributed by atoms with van der Waals surface area (Å²) in [5.74, 6) is -0.709. The molecular weight excluding hydrogens is 309 g/mol. The van der Waals surface area contributed by atoms with Crippen LogP contribution in [0, 0.1) is 11.6 Å². The van der Waals surface area contributed by atoms with Crippen molar-refractivity contribution in [2.75, 3.05) is 13.1 Å². The van der Waals surface area contributed by atoms with Gasteiger partial charge in [0.05, 0.1) is 0 Å². The van der Waals surface area contributed by atoms with E-state index in [2.05, 4.69) is 10.2 Å². The number of nitrogens with one attached hydrogen (secondary N) is 1. The Morgan fingerprint density at radius 1 is 1.04 bits per heavy atom. The van der Waals surface area contributed by atoms with Crippen molar-refractivity contribution in [2.24, 2.45) is 0 Å². The average molecular weight is 329 g/mol. The quantitative estimate of drug-likeness (QED) is 0.933. The summed E-state index contributed by atoms with van der Waals surface area (Å²) < 4.78 is 26.6. The Balaban J connectivity index is 1.49. The second kappa shape index (κ2) is 7.53. The van der Waals surface area contributed by atoms with Crippen LogP contribution in [0.5, 0.6) is 0 Å². The van der Waals surface area contributed by atoms with E-state index in [9.17, 15) is 13.6 Å². The van der Waals surface area contributed by atoms with E-state index in [4.69, 9.17) is 0 Å². The molecule has 1 amide bonds. The number of carbonyl (C=O) groups excluding carboxylic acids is 1. The van der Waals surface area contributed by atoms with Gasteiger partial charge in [0.2, 0.25) is 0 Å². The van der Waals surface area contributed by atoms with Crippen LogP contribution in [0.2, 0.25) is 0 Å². The second-order valence-electron chi connectivity index (χ2n) is 6.12. The molecule has 1 fully saturated rings. The lowest BCUT2D eigenvalue weighted by Gasteiger charge is -2.32.